The molecule has 1 aromatic carbocycles. The molecule has 0 N–H and O–H groups in total. The highest BCUT2D eigenvalue weighted by Crippen LogP contribution is 2.28. The maximum Gasteiger partial charge on any atom is 0.119 e. The summed E-state index contributed by atoms with van der Waals surface area (Å²) in [5.74, 6) is 0.925. The standard InChI is InChI=1S/C15H17NO/c1-17-14-7-4-5-12(11-14)15-9-8-13-6-2-3-10-16(13)15/h4-5,7-9,11H,2-3,6,10H2,1H3. The summed E-state index contributed by atoms with van der Waals surface area (Å²) in [5, 5.41) is 0. The van der Waals surface area contributed by atoms with Crippen molar-refractivity contribution in [3.8, 4) is 17.0 Å². The van der Waals surface area contributed by atoms with Crippen molar-refractivity contribution >= 4 is 0 Å². The summed E-state index contributed by atoms with van der Waals surface area (Å²) >= 11 is 0. The van der Waals surface area contributed by atoms with Crippen molar-refractivity contribution in [3.05, 3.63) is 42.1 Å². The van der Waals surface area contributed by atoms with Gasteiger partial charge in [-0.05, 0) is 43.5 Å². The average Bonchev–Trinajstić information content (AvgIpc) is 2.82. The van der Waals surface area contributed by atoms with Crippen LogP contribution in [0.4, 0.5) is 0 Å². The van der Waals surface area contributed by atoms with Gasteiger partial charge < -0.3 is 9.30 Å². The van der Waals surface area contributed by atoms with Gasteiger partial charge >= 0.3 is 0 Å². The van der Waals surface area contributed by atoms with E-state index in [1.165, 1.54) is 36.2 Å². The Morgan fingerprint density at radius 2 is 2.06 bits per heavy atom. The maximum absolute atomic E-state index is 5.29. The molecule has 0 aliphatic carbocycles. The van der Waals surface area contributed by atoms with E-state index in [0.717, 1.165) is 12.3 Å². The van der Waals surface area contributed by atoms with E-state index in [1.807, 2.05) is 6.07 Å². The fourth-order valence-corrected chi connectivity index (χ4v) is 2.60. The molecule has 0 radical (unpaired) electrons. The lowest BCUT2D eigenvalue weighted by Crippen LogP contribution is -2.10. The van der Waals surface area contributed by atoms with Gasteiger partial charge in [-0.25, -0.2) is 0 Å². The Hall–Kier alpha value is -1.70. The van der Waals surface area contributed by atoms with Crippen molar-refractivity contribution in [2.45, 2.75) is 25.8 Å². The zero-order valence-corrected chi connectivity index (χ0v) is 10.1. The Balaban J connectivity index is 2.05. The van der Waals surface area contributed by atoms with Crippen molar-refractivity contribution in [2.24, 2.45) is 0 Å². The molecule has 0 fully saturated rings. The molecule has 1 aromatic heterocycles. The largest absolute Gasteiger partial charge is 0.497 e. The van der Waals surface area contributed by atoms with Crippen LogP contribution in [0, 0.1) is 0 Å². The van der Waals surface area contributed by atoms with Crippen molar-refractivity contribution < 1.29 is 4.74 Å². The summed E-state index contributed by atoms with van der Waals surface area (Å²) in [4.78, 5) is 0. The Kier molecular flexibility index (Phi) is 2.63. The summed E-state index contributed by atoms with van der Waals surface area (Å²) < 4.78 is 7.73. The Bertz CT molecular complexity index is 527. The van der Waals surface area contributed by atoms with Gasteiger partial charge in [0.05, 0.1) is 7.11 Å². The number of nitrogens with zero attached hydrogens (tertiary/aromatic N) is 1. The van der Waals surface area contributed by atoms with Crippen molar-refractivity contribution in [3.63, 3.8) is 0 Å². The molecule has 1 aliphatic heterocycles. The van der Waals surface area contributed by atoms with E-state index in [9.17, 15) is 0 Å². The number of aryl methyl sites for hydroxylation is 1. The van der Waals surface area contributed by atoms with Crippen LogP contribution < -0.4 is 4.74 Å². The molecule has 0 unspecified atom stereocenters. The molecule has 0 amide bonds. The lowest BCUT2D eigenvalue weighted by Gasteiger charge is -2.18. The molecular weight excluding hydrogens is 210 g/mol. The number of methoxy groups -OCH3 is 1. The minimum atomic E-state index is 0.925. The van der Waals surface area contributed by atoms with Crippen LogP contribution in [0.3, 0.4) is 0 Å². The van der Waals surface area contributed by atoms with Gasteiger partial charge in [0, 0.05) is 23.5 Å². The molecule has 1 aliphatic rings. The van der Waals surface area contributed by atoms with Crippen LogP contribution in [-0.2, 0) is 13.0 Å². The lowest BCUT2D eigenvalue weighted by atomic mass is 10.1. The van der Waals surface area contributed by atoms with Crippen LogP contribution >= 0.6 is 0 Å². The zero-order chi connectivity index (χ0) is 11.7. The van der Waals surface area contributed by atoms with Crippen LogP contribution in [0.5, 0.6) is 5.75 Å². The van der Waals surface area contributed by atoms with Crippen LogP contribution in [0.1, 0.15) is 18.5 Å². The highest BCUT2D eigenvalue weighted by molar-refractivity contribution is 5.63. The van der Waals surface area contributed by atoms with Gasteiger partial charge in [-0.1, -0.05) is 12.1 Å². The number of hydrogen-bond donors (Lipinski definition) is 0. The van der Waals surface area contributed by atoms with Gasteiger partial charge in [0.1, 0.15) is 5.75 Å². The van der Waals surface area contributed by atoms with E-state index in [0.29, 0.717) is 0 Å². The number of rotatable bonds is 2. The number of aromatic nitrogens is 1. The zero-order valence-electron chi connectivity index (χ0n) is 10.1. The fourth-order valence-electron chi connectivity index (χ4n) is 2.60. The molecule has 0 saturated heterocycles. The molecule has 17 heavy (non-hydrogen) atoms. The molecule has 3 rings (SSSR count). The first-order valence-corrected chi connectivity index (χ1v) is 6.21. The predicted octanol–water partition coefficient (Wildman–Crippen LogP) is 3.50. The second kappa shape index (κ2) is 4.28. The van der Waals surface area contributed by atoms with Gasteiger partial charge in [-0.15, -0.1) is 0 Å². The molecule has 2 heterocycles. The summed E-state index contributed by atoms with van der Waals surface area (Å²) in [6, 6.07) is 12.8. The number of ether oxygens (including phenoxy) is 1. The van der Waals surface area contributed by atoms with Crippen molar-refractivity contribution in [1.29, 1.82) is 0 Å². The quantitative estimate of drug-likeness (QED) is 0.766. The third kappa shape index (κ3) is 1.84. The Morgan fingerprint density at radius 3 is 2.94 bits per heavy atom. The molecule has 2 nitrogen and oxygen atoms in total. The topological polar surface area (TPSA) is 14.2 Å². The van der Waals surface area contributed by atoms with Crippen LogP contribution in [0.2, 0.25) is 0 Å². The molecule has 0 spiro atoms. The Labute approximate surface area is 102 Å². The smallest absolute Gasteiger partial charge is 0.119 e. The van der Waals surface area contributed by atoms with Gasteiger partial charge in [0.2, 0.25) is 0 Å². The van der Waals surface area contributed by atoms with Crippen LogP contribution in [0.15, 0.2) is 36.4 Å². The van der Waals surface area contributed by atoms with Crippen LogP contribution in [-0.4, -0.2) is 11.7 Å². The average molecular weight is 227 g/mol. The minimum absolute atomic E-state index is 0.925. The third-order valence-corrected chi connectivity index (χ3v) is 3.50. The molecule has 88 valence electrons. The van der Waals surface area contributed by atoms with Gasteiger partial charge in [-0.3, -0.25) is 0 Å². The fraction of sp³-hybridized carbons (Fsp3) is 0.333. The van der Waals surface area contributed by atoms with Crippen molar-refractivity contribution in [1.82, 2.24) is 4.57 Å². The number of benzene rings is 1. The normalized spacial score (nSPS) is 14.4. The summed E-state index contributed by atoms with van der Waals surface area (Å²) in [7, 11) is 1.71. The first kappa shape index (κ1) is 10.5. The van der Waals surface area contributed by atoms with Crippen LogP contribution in [0.25, 0.3) is 11.3 Å². The molecule has 0 bridgehead atoms. The summed E-state index contributed by atoms with van der Waals surface area (Å²) in [6.45, 7) is 1.15. The van der Waals surface area contributed by atoms with Crippen molar-refractivity contribution in [2.75, 3.05) is 7.11 Å². The highest BCUT2D eigenvalue weighted by atomic mass is 16.5. The molecular formula is C15H17NO. The first-order valence-electron chi connectivity index (χ1n) is 6.21. The number of hydrogen-bond acceptors (Lipinski definition) is 1. The van der Waals surface area contributed by atoms with E-state index in [2.05, 4.69) is 34.9 Å². The lowest BCUT2D eigenvalue weighted by molar-refractivity contribution is 0.415. The van der Waals surface area contributed by atoms with E-state index in [4.69, 9.17) is 4.74 Å². The molecule has 2 aromatic rings. The molecule has 0 saturated carbocycles. The SMILES string of the molecule is COc1cccc(-c2ccc3n2CCCC3)c1. The molecule has 0 atom stereocenters. The third-order valence-electron chi connectivity index (χ3n) is 3.50. The van der Waals surface area contributed by atoms with Gasteiger partial charge in [0.15, 0.2) is 0 Å². The van der Waals surface area contributed by atoms with Gasteiger partial charge in [-0.2, -0.15) is 0 Å². The summed E-state index contributed by atoms with van der Waals surface area (Å²) in [6.07, 6.45) is 3.82. The van der Waals surface area contributed by atoms with E-state index in [1.54, 1.807) is 7.11 Å². The second-order valence-electron chi connectivity index (χ2n) is 4.55. The Morgan fingerprint density at radius 1 is 1.12 bits per heavy atom. The predicted molar refractivity (Wildman–Crippen MR) is 69.4 cm³/mol. The number of fused-ring (bicyclic) bond motifs is 1. The maximum atomic E-state index is 5.29. The van der Waals surface area contributed by atoms with E-state index in [-0.39, 0.29) is 0 Å². The summed E-state index contributed by atoms with van der Waals surface area (Å²) in [5.41, 5.74) is 4.03. The second-order valence-corrected chi connectivity index (χ2v) is 4.55. The monoisotopic (exact) mass is 227 g/mol. The first-order chi connectivity index (χ1) is 8.38. The minimum Gasteiger partial charge on any atom is -0.497 e. The van der Waals surface area contributed by atoms with E-state index < -0.39 is 0 Å². The highest BCUT2D eigenvalue weighted by Gasteiger charge is 2.13. The molecule has 2 heteroatoms. The van der Waals surface area contributed by atoms with E-state index >= 15 is 0 Å². The van der Waals surface area contributed by atoms with Gasteiger partial charge in [0.25, 0.3) is 0 Å².